The molecule has 4 atom stereocenters. The highest BCUT2D eigenvalue weighted by Crippen LogP contribution is 2.25. The number of nitrogens with zero attached hydrogens (tertiary/aromatic N) is 1. The van der Waals surface area contributed by atoms with Crippen LogP contribution < -0.4 is 0 Å². The summed E-state index contributed by atoms with van der Waals surface area (Å²) in [5, 5.41) is 8.95. The van der Waals surface area contributed by atoms with Crippen molar-refractivity contribution < 1.29 is 14.7 Å². The smallest absolute Gasteiger partial charge is 0.307 e. The predicted octanol–water partition coefficient (Wildman–Crippen LogP) is 1.99. The number of piperidine rings is 1. The maximum atomic E-state index is 12.3. The highest BCUT2D eigenvalue weighted by Gasteiger charge is 2.33. The minimum absolute atomic E-state index is 0.0149. The fraction of sp³-hybridized carbons (Fsp3) is 0.846. The fourth-order valence-electron chi connectivity index (χ4n) is 2.29. The molecule has 1 fully saturated rings. The first kappa shape index (κ1) is 14.0. The highest BCUT2D eigenvalue weighted by molar-refractivity contribution is 5.84. The molecule has 0 aromatic heterocycles. The summed E-state index contributed by atoms with van der Waals surface area (Å²) in [5.41, 5.74) is 0. The first-order valence-corrected chi connectivity index (χ1v) is 6.37. The van der Waals surface area contributed by atoms with Crippen LogP contribution >= 0.6 is 0 Å². The predicted molar refractivity (Wildman–Crippen MR) is 65.5 cm³/mol. The lowest BCUT2D eigenvalue weighted by atomic mass is 9.90. The van der Waals surface area contributed by atoms with Gasteiger partial charge >= 0.3 is 5.97 Å². The Kier molecular flexibility index (Phi) is 4.54. The molecule has 0 aromatic carbocycles. The summed E-state index contributed by atoms with van der Waals surface area (Å²) < 4.78 is 0. The van der Waals surface area contributed by atoms with E-state index >= 15 is 0 Å². The van der Waals surface area contributed by atoms with Crippen LogP contribution in [-0.2, 0) is 9.59 Å². The molecule has 1 heterocycles. The van der Waals surface area contributed by atoms with E-state index in [4.69, 9.17) is 5.11 Å². The lowest BCUT2D eigenvalue weighted by Crippen LogP contribution is -2.48. The van der Waals surface area contributed by atoms with Gasteiger partial charge in [0.15, 0.2) is 0 Å². The van der Waals surface area contributed by atoms with Crippen molar-refractivity contribution in [2.24, 2.45) is 17.8 Å². The van der Waals surface area contributed by atoms with Crippen LogP contribution in [0.1, 0.15) is 40.5 Å². The van der Waals surface area contributed by atoms with Gasteiger partial charge in [0, 0.05) is 18.5 Å². The van der Waals surface area contributed by atoms with Crippen LogP contribution in [0.2, 0.25) is 0 Å². The Morgan fingerprint density at radius 1 is 1.18 bits per heavy atom. The normalized spacial score (nSPS) is 28.6. The quantitative estimate of drug-likeness (QED) is 0.822. The van der Waals surface area contributed by atoms with Crippen molar-refractivity contribution in [2.45, 2.75) is 46.6 Å². The van der Waals surface area contributed by atoms with Gasteiger partial charge in [-0.1, -0.05) is 20.8 Å². The maximum absolute atomic E-state index is 12.3. The Morgan fingerprint density at radius 2 is 1.76 bits per heavy atom. The third-order valence-electron chi connectivity index (χ3n) is 3.93. The summed E-state index contributed by atoms with van der Waals surface area (Å²) in [5.74, 6) is -1.46. The Balaban J connectivity index is 2.70. The Bertz CT molecular complexity index is 303. The van der Waals surface area contributed by atoms with Gasteiger partial charge in [-0.15, -0.1) is 0 Å². The van der Waals surface area contributed by atoms with E-state index in [1.54, 1.807) is 13.8 Å². The molecule has 1 saturated heterocycles. The average Bonchev–Trinajstić information content (AvgIpc) is 2.29. The molecule has 98 valence electrons. The summed E-state index contributed by atoms with van der Waals surface area (Å²) in [6.45, 7) is 8.26. The van der Waals surface area contributed by atoms with Gasteiger partial charge < -0.3 is 10.0 Å². The Labute approximate surface area is 103 Å². The Morgan fingerprint density at radius 3 is 2.29 bits per heavy atom. The zero-order chi connectivity index (χ0) is 13.2. The standard InChI is InChI=1S/C13H23NO3/c1-8-5-6-9(2)14(7-8)12(15)10(3)11(4)13(16)17/h8-11H,5-7H2,1-4H3,(H,16,17). The highest BCUT2D eigenvalue weighted by atomic mass is 16.4. The van der Waals surface area contributed by atoms with Gasteiger partial charge in [-0.05, 0) is 25.7 Å². The summed E-state index contributed by atoms with van der Waals surface area (Å²) in [6.07, 6.45) is 2.16. The number of hydrogen-bond donors (Lipinski definition) is 1. The first-order valence-electron chi connectivity index (χ1n) is 6.37. The SMILES string of the molecule is CC1CCC(C)N(C(=O)C(C)C(C)C(=O)O)C1. The fourth-order valence-corrected chi connectivity index (χ4v) is 2.29. The van der Waals surface area contributed by atoms with E-state index in [2.05, 4.69) is 6.92 Å². The van der Waals surface area contributed by atoms with Gasteiger partial charge in [0.05, 0.1) is 5.92 Å². The minimum atomic E-state index is -0.899. The number of likely N-dealkylation sites (tertiary alicyclic amines) is 1. The molecule has 1 amide bonds. The molecule has 0 aromatic rings. The molecule has 4 unspecified atom stereocenters. The molecular weight excluding hydrogens is 218 g/mol. The van der Waals surface area contributed by atoms with Crippen LogP contribution in [0.4, 0.5) is 0 Å². The molecule has 0 bridgehead atoms. The summed E-state index contributed by atoms with van der Waals surface area (Å²) in [7, 11) is 0. The molecule has 4 nitrogen and oxygen atoms in total. The number of rotatable bonds is 3. The number of carboxylic acid groups (broad SMARTS) is 1. The molecule has 0 saturated carbocycles. The van der Waals surface area contributed by atoms with Gasteiger partial charge in [0.25, 0.3) is 0 Å². The van der Waals surface area contributed by atoms with Crippen molar-refractivity contribution in [1.29, 1.82) is 0 Å². The van der Waals surface area contributed by atoms with Gasteiger partial charge in [0.2, 0.25) is 5.91 Å². The van der Waals surface area contributed by atoms with Crippen molar-refractivity contribution in [3.05, 3.63) is 0 Å². The summed E-state index contributed by atoms with van der Waals surface area (Å²) in [4.78, 5) is 25.0. The van der Waals surface area contributed by atoms with Crippen LogP contribution in [0.15, 0.2) is 0 Å². The number of hydrogen-bond acceptors (Lipinski definition) is 2. The maximum Gasteiger partial charge on any atom is 0.307 e. The van der Waals surface area contributed by atoms with E-state index in [-0.39, 0.29) is 11.9 Å². The van der Waals surface area contributed by atoms with Crippen molar-refractivity contribution >= 4 is 11.9 Å². The molecular formula is C13H23NO3. The Hall–Kier alpha value is -1.06. The zero-order valence-electron chi connectivity index (χ0n) is 11.1. The van der Waals surface area contributed by atoms with Crippen LogP contribution in [0, 0.1) is 17.8 Å². The monoisotopic (exact) mass is 241 g/mol. The largest absolute Gasteiger partial charge is 0.481 e. The average molecular weight is 241 g/mol. The third kappa shape index (κ3) is 3.20. The van der Waals surface area contributed by atoms with E-state index < -0.39 is 17.8 Å². The minimum Gasteiger partial charge on any atom is -0.481 e. The number of carbonyl (C=O) groups is 2. The van der Waals surface area contributed by atoms with Crippen LogP contribution in [-0.4, -0.2) is 34.5 Å². The lowest BCUT2D eigenvalue weighted by Gasteiger charge is -2.38. The molecule has 0 radical (unpaired) electrons. The second-order valence-corrected chi connectivity index (χ2v) is 5.44. The van der Waals surface area contributed by atoms with Crippen molar-refractivity contribution in [2.75, 3.05) is 6.54 Å². The number of amides is 1. The third-order valence-corrected chi connectivity index (χ3v) is 3.93. The second-order valence-electron chi connectivity index (χ2n) is 5.44. The van der Waals surface area contributed by atoms with Crippen LogP contribution in [0.5, 0.6) is 0 Å². The first-order chi connectivity index (χ1) is 7.84. The second kappa shape index (κ2) is 5.52. The van der Waals surface area contributed by atoms with Crippen molar-refractivity contribution in [1.82, 2.24) is 4.90 Å². The topological polar surface area (TPSA) is 57.6 Å². The van der Waals surface area contributed by atoms with Crippen LogP contribution in [0.3, 0.4) is 0 Å². The van der Waals surface area contributed by atoms with E-state index in [1.807, 2.05) is 11.8 Å². The molecule has 17 heavy (non-hydrogen) atoms. The molecule has 0 spiro atoms. The molecule has 1 N–H and O–H groups in total. The summed E-state index contributed by atoms with van der Waals surface area (Å²) >= 11 is 0. The zero-order valence-corrected chi connectivity index (χ0v) is 11.1. The van der Waals surface area contributed by atoms with E-state index in [1.165, 1.54) is 0 Å². The van der Waals surface area contributed by atoms with Gasteiger partial charge in [-0.25, -0.2) is 0 Å². The number of aliphatic carboxylic acids is 1. The summed E-state index contributed by atoms with van der Waals surface area (Å²) in [6, 6.07) is 0.238. The van der Waals surface area contributed by atoms with E-state index in [0.717, 1.165) is 19.4 Å². The molecule has 1 aliphatic heterocycles. The van der Waals surface area contributed by atoms with Gasteiger partial charge in [-0.2, -0.15) is 0 Å². The molecule has 0 aliphatic carbocycles. The van der Waals surface area contributed by atoms with Crippen molar-refractivity contribution in [3.63, 3.8) is 0 Å². The number of carbonyl (C=O) groups excluding carboxylic acids is 1. The van der Waals surface area contributed by atoms with E-state index in [0.29, 0.717) is 5.92 Å². The van der Waals surface area contributed by atoms with Gasteiger partial charge in [-0.3, -0.25) is 9.59 Å². The van der Waals surface area contributed by atoms with Crippen molar-refractivity contribution in [3.8, 4) is 0 Å². The molecule has 1 rings (SSSR count). The molecule has 4 heteroatoms. The molecule has 1 aliphatic rings. The van der Waals surface area contributed by atoms with Crippen LogP contribution in [0.25, 0.3) is 0 Å². The van der Waals surface area contributed by atoms with Gasteiger partial charge in [0.1, 0.15) is 0 Å². The number of carboxylic acids is 1. The lowest BCUT2D eigenvalue weighted by molar-refractivity contribution is -0.151. The van der Waals surface area contributed by atoms with E-state index in [9.17, 15) is 9.59 Å².